The molecule has 0 bridgehead atoms. The van der Waals surface area contributed by atoms with Gasteiger partial charge in [0.2, 0.25) is 0 Å². The number of methoxy groups -OCH3 is 1. The quantitative estimate of drug-likeness (QED) is 0.486. The van der Waals surface area contributed by atoms with Crippen molar-refractivity contribution in [1.29, 1.82) is 0 Å². The van der Waals surface area contributed by atoms with E-state index in [2.05, 4.69) is 5.32 Å². The predicted molar refractivity (Wildman–Crippen MR) is 87.7 cm³/mol. The van der Waals surface area contributed by atoms with E-state index >= 15 is 0 Å². The average Bonchev–Trinajstić information content (AvgIpc) is 2.56. The Morgan fingerprint density at radius 3 is 2.92 bits per heavy atom. The molecule has 1 heterocycles. The number of hydrogen-bond acceptors (Lipinski definition) is 7. The van der Waals surface area contributed by atoms with Gasteiger partial charge in [-0.2, -0.15) is 0 Å². The largest absolute Gasteiger partial charge is 0.495 e. The molecular formula is C15H20ClN3O5. The molecule has 0 spiro atoms. The van der Waals surface area contributed by atoms with E-state index in [1.807, 2.05) is 0 Å². The minimum atomic E-state index is -0.670. The zero-order valence-electron chi connectivity index (χ0n) is 13.2. The highest BCUT2D eigenvalue weighted by atomic mass is 35.5. The summed E-state index contributed by atoms with van der Waals surface area (Å²) in [5.41, 5.74) is 12.2. The predicted octanol–water partition coefficient (Wildman–Crippen LogP) is 0.797. The number of carbonyl (C=O) groups excluding carboxylic acids is 2. The van der Waals surface area contributed by atoms with Crippen molar-refractivity contribution in [3.05, 3.63) is 22.2 Å². The second-order valence-corrected chi connectivity index (χ2v) is 5.74. The maximum absolute atomic E-state index is 11.6. The second-order valence-electron chi connectivity index (χ2n) is 5.33. The third-order valence-electron chi connectivity index (χ3n) is 3.84. The highest BCUT2D eigenvalue weighted by Gasteiger charge is 2.25. The maximum atomic E-state index is 11.6. The lowest BCUT2D eigenvalue weighted by atomic mass is 10.1. The Balaban J connectivity index is 2.17. The molecule has 0 aliphatic carbocycles. The number of carbonyl (C=O) groups is 2. The van der Waals surface area contributed by atoms with E-state index in [4.69, 9.17) is 37.3 Å². The molecule has 0 aromatic heterocycles. The molecule has 0 radical (unpaired) electrons. The summed E-state index contributed by atoms with van der Waals surface area (Å²) in [6, 6.07) is 1.38. The van der Waals surface area contributed by atoms with Crippen LogP contribution in [0.25, 0.3) is 0 Å². The van der Waals surface area contributed by atoms with Crippen LogP contribution in [-0.4, -0.2) is 38.4 Å². The number of nitrogens with one attached hydrogen (secondary N) is 1. The topological polar surface area (TPSA) is 126 Å². The summed E-state index contributed by atoms with van der Waals surface area (Å²) in [5, 5.41) is 3.25. The molecule has 1 saturated heterocycles. The first-order valence-corrected chi connectivity index (χ1v) is 7.74. The fraction of sp³-hybridized carbons (Fsp3) is 0.467. The van der Waals surface area contributed by atoms with Crippen LogP contribution >= 0.6 is 11.6 Å². The SMILES string of the molecule is COc1c(C(N)=O)cc(Cl)c(N)c1COC1CCNC(OC=O)C1. The highest BCUT2D eigenvalue weighted by molar-refractivity contribution is 6.33. The molecule has 5 N–H and O–H groups in total. The van der Waals surface area contributed by atoms with E-state index in [-0.39, 0.29) is 41.0 Å². The van der Waals surface area contributed by atoms with Crippen molar-refractivity contribution in [3.8, 4) is 5.75 Å². The zero-order valence-corrected chi connectivity index (χ0v) is 14.0. The van der Waals surface area contributed by atoms with Gasteiger partial charge in [-0.05, 0) is 12.5 Å². The van der Waals surface area contributed by atoms with Crippen LogP contribution < -0.4 is 21.5 Å². The number of benzene rings is 1. The first kappa shape index (κ1) is 18.3. The van der Waals surface area contributed by atoms with Crippen LogP contribution in [0.2, 0.25) is 5.02 Å². The number of nitrogen functional groups attached to an aromatic ring is 1. The molecule has 1 fully saturated rings. The number of piperidine rings is 1. The van der Waals surface area contributed by atoms with Gasteiger partial charge in [0.05, 0.1) is 36.1 Å². The van der Waals surface area contributed by atoms with Gasteiger partial charge >= 0.3 is 0 Å². The first-order valence-electron chi connectivity index (χ1n) is 7.36. The zero-order chi connectivity index (χ0) is 17.7. The van der Waals surface area contributed by atoms with Crippen molar-refractivity contribution in [2.24, 2.45) is 5.73 Å². The number of halogens is 1. The van der Waals surface area contributed by atoms with Gasteiger partial charge in [-0.3, -0.25) is 14.9 Å². The molecule has 1 aliphatic heterocycles. The molecule has 1 aromatic carbocycles. The molecular weight excluding hydrogens is 338 g/mol. The molecule has 8 nitrogen and oxygen atoms in total. The standard InChI is InChI=1S/C15H20ClN3O5/c1-22-14-9(15(18)21)5-11(16)13(17)10(14)6-23-8-2-3-19-12(4-8)24-7-20/h5,7-8,12,19H,2-4,6,17H2,1H3,(H2,18,21). The second kappa shape index (κ2) is 8.18. The number of amides is 1. The van der Waals surface area contributed by atoms with Crippen molar-refractivity contribution in [2.75, 3.05) is 19.4 Å². The van der Waals surface area contributed by atoms with Gasteiger partial charge in [-0.1, -0.05) is 11.6 Å². The molecule has 1 aliphatic rings. The number of ether oxygens (including phenoxy) is 3. The molecule has 1 aromatic rings. The van der Waals surface area contributed by atoms with Gasteiger partial charge in [0.25, 0.3) is 12.4 Å². The molecule has 1 amide bonds. The van der Waals surface area contributed by atoms with E-state index in [9.17, 15) is 9.59 Å². The number of anilines is 1. The normalized spacial score (nSPS) is 20.4. The third kappa shape index (κ3) is 4.08. The fourth-order valence-corrected chi connectivity index (χ4v) is 2.85. The van der Waals surface area contributed by atoms with Crippen LogP contribution in [0.5, 0.6) is 5.75 Å². The molecule has 9 heteroatoms. The summed E-state index contributed by atoms with van der Waals surface area (Å²) in [6.45, 7) is 1.14. The summed E-state index contributed by atoms with van der Waals surface area (Å²) in [6.07, 6.45) is 0.714. The van der Waals surface area contributed by atoms with Crippen LogP contribution in [0, 0.1) is 0 Å². The maximum Gasteiger partial charge on any atom is 0.294 e. The van der Waals surface area contributed by atoms with Crippen molar-refractivity contribution >= 4 is 29.7 Å². The summed E-state index contributed by atoms with van der Waals surface area (Å²) in [7, 11) is 1.41. The Hall–Kier alpha value is -2.03. The molecule has 2 unspecified atom stereocenters. The van der Waals surface area contributed by atoms with E-state index in [0.29, 0.717) is 25.0 Å². The Kier molecular flexibility index (Phi) is 6.24. The minimum Gasteiger partial charge on any atom is -0.495 e. The lowest BCUT2D eigenvalue weighted by Crippen LogP contribution is -2.42. The fourth-order valence-electron chi connectivity index (χ4n) is 2.63. The number of nitrogens with two attached hydrogens (primary N) is 2. The smallest absolute Gasteiger partial charge is 0.294 e. The lowest BCUT2D eigenvalue weighted by Gasteiger charge is -2.29. The van der Waals surface area contributed by atoms with Crippen molar-refractivity contribution in [1.82, 2.24) is 5.32 Å². The van der Waals surface area contributed by atoms with E-state index in [1.54, 1.807) is 0 Å². The van der Waals surface area contributed by atoms with Crippen LogP contribution in [0.3, 0.4) is 0 Å². The van der Waals surface area contributed by atoms with Crippen molar-refractivity contribution < 1.29 is 23.8 Å². The van der Waals surface area contributed by atoms with E-state index < -0.39 is 5.91 Å². The van der Waals surface area contributed by atoms with Gasteiger partial charge in [0, 0.05) is 18.5 Å². The summed E-state index contributed by atoms with van der Waals surface area (Å²) >= 11 is 6.07. The summed E-state index contributed by atoms with van der Waals surface area (Å²) in [5.74, 6) is -0.421. The number of rotatable bonds is 7. The van der Waals surface area contributed by atoms with Crippen molar-refractivity contribution in [2.45, 2.75) is 31.8 Å². The van der Waals surface area contributed by atoms with Crippen molar-refractivity contribution in [3.63, 3.8) is 0 Å². The van der Waals surface area contributed by atoms with E-state index in [1.165, 1.54) is 13.2 Å². The molecule has 24 heavy (non-hydrogen) atoms. The van der Waals surface area contributed by atoms with Crippen LogP contribution in [-0.2, 0) is 20.9 Å². The third-order valence-corrected chi connectivity index (χ3v) is 4.15. The summed E-state index contributed by atoms with van der Waals surface area (Å²) < 4.78 is 16.0. The molecule has 0 saturated carbocycles. The van der Waals surface area contributed by atoms with E-state index in [0.717, 1.165) is 6.42 Å². The van der Waals surface area contributed by atoms with Crippen LogP contribution in [0.15, 0.2) is 6.07 Å². The average molecular weight is 358 g/mol. The minimum absolute atomic E-state index is 0.0916. The molecule has 2 atom stereocenters. The highest BCUT2D eigenvalue weighted by Crippen LogP contribution is 2.35. The molecule has 132 valence electrons. The van der Waals surface area contributed by atoms with Gasteiger partial charge < -0.3 is 25.7 Å². The van der Waals surface area contributed by atoms with Gasteiger partial charge in [-0.15, -0.1) is 0 Å². The Morgan fingerprint density at radius 1 is 1.54 bits per heavy atom. The Labute approximate surface area is 144 Å². The monoisotopic (exact) mass is 357 g/mol. The Morgan fingerprint density at radius 2 is 2.29 bits per heavy atom. The lowest BCUT2D eigenvalue weighted by molar-refractivity contribution is -0.139. The molecule has 2 rings (SSSR count). The number of hydrogen-bond donors (Lipinski definition) is 3. The van der Waals surface area contributed by atoms with Crippen LogP contribution in [0.1, 0.15) is 28.8 Å². The van der Waals surface area contributed by atoms with Gasteiger partial charge in [0.15, 0.2) is 6.23 Å². The van der Waals surface area contributed by atoms with Crippen LogP contribution in [0.4, 0.5) is 5.69 Å². The Bertz CT molecular complexity index is 626. The number of primary amides is 1. The summed E-state index contributed by atoms with van der Waals surface area (Å²) in [4.78, 5) is 22.0. The first-order chi connectivity index (χ1) is 11.5. The van der Waals surface area contributed by atoms with Gasteiger partial charge in [-0.25, -0.2) is 0 Å². The van der Waals surface area contributed by atoms with Gasteiger partial charge in [0.1, 0.15) is 5.75 Å².